The molecule has 1 saturated heterocycles. The number of hydrogen-bond acceptors (Lipinski definition) is 4. The summed E-state index contributed by atoms with van der Waals surface area (Å²) in [5.41, 5.74) is 10.1. The lowest BCUT2D eigenvalue weighted by atomic mass is 9.87. The molecule has 5 heteroatoms. The number of hydrogen-bond donors (Lipinski definition) is 3. The number of carbonyl (C=O) groups excluding carboxylic acids is 1. The Balaban J connectivity index is 1.41. The van der Waals surface area contributed by atoms with Crippen molar-refractivity contribution in [2.24, 2.45) is 0 Å². The molecule has 2 aromatic carbocycles. The van der Waals surface area contributed by atoms with E-state index < -0.39 is 0 Å². The maximum atomic E-state index is 12.8. The Kier molecular flexibility index (Phi) is 4.91. The molecule has 1 fully saturated rings. The summed E-state index contributed by atoms with van der Waals surface area (Å²) in [6.45, 7) is 0. The molecule has 0 bridgehead atoms. The van der Waals surface area contributed by atoms with Gasteiger partial charge in [-0.3, -0.25) is 4.79 Å². The molecule has 0 radical (unpaired) electrons. The van der Waals surface area contributed by atoms with Crippen molar-refractivity contribution < 1.29 is 9.53 Å². The topological polar surface area (TPSA) is 62.4 Å². The summed E-state index contributed by atoms with van der Waals surface area (Å²) < 4.78 is 5.30. The number of amides is 1. The minimum Gasteiger partial charge on any atom is -0.497 e. The van der Waals surface area contributed by atoms with Gasteiger partial charge in [0.1, 0.15) is 11.8 Å². The third kappa shape index (κ3) is 3.45. The Morgan fingerprint density at radius 2 is 2.04 bits per heavy atom. The van der Waals surface area contributed by atoms with Crippen LogP contribution >= 0.6 is 0 Å². The first-order valence-corrected chi connectivity index (χ1v) is 9.28. The van der Waals surface area contributed by atoms with Gasteiger partial charge in [0.05, 0.1) is 13.2 Å². The Labute approximate surface area is 154 Å². The van der Waals surface area contributed by atoms with Crippen LogP contribution in [0.25, 0.3) is 0 Å². The number of fused-ring (bicyclic) bond motifs is 1. The van der Waals surface area contributed by atoms with Crippen LogP contribution in [-0.2, 0) is 11.2 Å². The minimum absolute atomic E-state index is 0.0598. The molecule has 26 heavy (non-hydrogen) atoms. The summed E-state index contributed by atoms with van der Waals surface area (Å²) in [7, 11) is 1.66. The van der Waals surface area contributed by atoms with E-state index in [1.54, 1.807) is 7.11 Å². The smallest absolute Gasteiger partial charge is 0.239 e. The zero-order chi connectivity index (χ0) is 17.9. The van der Waals surface area contributed by atoms with Crippen LogP contribution in [0.3, 0.4) is 0 Å². The van der Waals surface area contributed by atoms with Gasteiger partial charge in [0.2, 0.25) is 5.91 Å². The molecule has 1 aliphatic carbocycles. The first kappa shape index (κ1) is 17.1. The molecule has 1 heterocycles. The first-order valence-electron chi connectivity index (χ1n) is 9.28. The normalized spacial score (nSPS) is 24.7. The third-order valence-electron chi connectivity index (χ3n) is 5.40. The molecule has 3 N–H and O–H groups in total. The van der Waals surface area contributed by atoms with Gasteiger partial charge in [0.25, 0.3) is 0 Å². The van der Waals surface area contributed by atoms with Crippen molar-refractivity contribution in [2.45, 2.75) is 43.8 Å². The van der Waals surface area contributed by atoms with Crippen molar-refractivity contribution in [3.05, 3.63) is 65.2 Å². The quantitative estimate of drug-likeness (QED) is 0.793. The molecule has 0 spiro atoms. The number of aryl methyl sites for hydroxylation is 1. The summed E-state index contributed by atoms with van der Waals surface area (Å²) in [4.78, 5) is 12.8. The highest BCUT2D eigenvalue weighted by Crippen LogP contribution is 2.30. The average Bonchev–Trinajstić information content (AvgIpc) is 3.19. The summed E-state index contributed by atoms with van der Waals surface area (Å²) in [5.74, 6) is 0.889. The fraction of sp³-hybridized carbons (Fsp3) is 0.381. The van der Waals surface area contributed by atoms with Crippen LogP contribution in [0.2, 0.25) is 0 Å². The standard InChI is InChI=1S/C21H25N3O2/c1-26-16-9-4-8-15(12-16)19-13-20(24-23-19)21(25)22-18-11-5-7-14-6-2-3-10-17(14)18/h2-4,6,8-10,12,18-20,23-24H,5,7,11,13H2,1H3,(H,22,25). The highest BCUT2D eigenvalue weighted by molar-refractivity contribution is 5.82. The Bertz CT molecular complexity index is 792. The van der Waals surface area contributed by atoms with Crippen LogP contribution < -0.4 is 20.9 Å². The van der Waals surface area contributed by atoms with Crippen molar-refractivity contribution in [1.29, 1.82) is 0 Å². The summed E-state index contributed by atoms with van der Waals surface area (Å²) in [5, 5.41) is 3.25. The lowest BCUT2D eigenvalue weighted by Gasteiger charge is -2.27. The van der Waals surface area contributed by atoms with Crippen molar-refractivity contribution in [2.75, 3.05) is 7.11 Å². The van der Waals surface area contributed by atoms with E-state index in [0.29, 0.717) is 6.42 Å². The number of hydrazine groups is 1. The number of benzene rings is 2. The molecule has 1 amide bonds. The van der Waals surface area contributed by atoms with E-state index in [1.807, 2.05) is 18.2 Å². The van der Waals surface area contributed by atoms with Crippen LogP contribution in [-0.4, -0.2) is 19.1 Å². The first-order chi connectivity index (χ1) is 12.7. The highest BCUT2D eigenvalue weighted by atomic mass is 16.5. The van der Waals surface area contributed by atoms with Gasteiger partial charge in [-0.1, -0.05) is 36.4 Å². The average molecular weight is 351 g/mol. The van der Waals surface area contributed by atoms with E-state index in [-0.39, 0.29) is 24.0 Å². The molecule has 2 aromatic rings. The van der Waals surface area contributed by atoms with Crippen LogP contribution in [0.15, 0.2) is 48.5 Å². The predicted molar refractivity (Wildman–Crippen MR) is 101 cm³/mol. The molecule has 3 unspecified atom stereocenters. The largest absolute Gasteiger partial charge is 0.497 e. The van der Waals surface area contributed by atoms with Gasteiger partial charge in [0.15, 0.2) is 0 Å². The van der Waals surface area contributed by atoms with Gasteiger partial charge in [-0.05, 0) is 54.5 Å². The molecule has 1 aliphatic heterocycles. The van der Waals surface area contributed by atoms with Gasteiger partial charge in [-0.15, -0.1) is 0 Å². The van der Waals surface area contributed by atoms with Crippen LogP contribution in [0.1, 0.15) is 48.0 Å². The van der Waals surface area contributed by atoms with Crippen molar-refractivity contribution in [3.63, 3.8) is 0 Å². The Morgan fingerprint density at radius 1 is 1.15 bits per heavy atom. The van der Waals surface area contributed by atoms with Crippen molar-refractivity contribution in [3.8, 4) is 5.75 Å². The third-order valence-corrected chi connectivity index (χ3v) is 5.40. The van der Waals surface area contributed by atoms with Crippen molar-refractivity contribution in [1.82, 2.24) is 16.2 Å². The van der Waals surface area contributed by atoms with E-state index >= 15 is 0 Å². The maximum absolute atomic E-state index is 12.8. The fourth-order valence-corrected chi connectivity index (χ4v) is 3.98. The van der Waals surface area contributed by atoms with E-state index in [9.17, 15) is 4.79 Å². The molecule has 0 aromatic heterocycles. The summed E-state index contributed by atoms with van der Waals surface area (Å²) >= 11 is 0. The number of ether oxygens (including phenoxy) is 1. The molecule has 5 nitrogen and oxygen atoms in total. The number of rotatable bonds is 4. The highest BCUT2D eigenvalue weighted by Gasteiger charge is 2.32. The second-order valence-corrected chi connectivity index (χ2v) is 7.06. The molecule has 0 saturated carbocycles. The van der Waals surface area contributed by atoms with E-state index in [0.717, 1.165) is 30.6 Å². The monoisotopic (exact) mass is 351 g/mol. The van der Waals surface area contributed by atoms with Gasteiger partial charge in [-0.2, -0.15) is 0 Å². The Hall–Kier alpha value is -2.37. The Morgan fingerprint density at radius 3 is 2.92 bits per heavy atom. The second-order valence-electron chi connectivity index (χ2n) is 7.06. The molecule has 3 atom stereocenters. The SMILES string of the molecule is COc1cccc(C2CC(C(=O)NC3CCCc4ccccc43)NN2)c1. The molecule has 4 rings (SSSR count). The number of nitrogens with one attached hydrogen (secondary N) is 3. The molecule has 2 aliphatic rings. The zero-order valence-corrected chi connectivity index (χ0v) is 15.0. The van der Waals surface area contributed by atoms with Crippen molar-refractivity contribution >= 4 is 5.91 Å². The van der Waals surface area contributed by atoms with Crippen LogP contribution in [0.5, 0.6) is 5.75 Å². The van der Waals surface area contributed by atoms with Crippen LogP contribution in [0.4, 0.5) is 0 Å². The minimum atomic E-state index is -0.236. The zero-order valence-electron chi connectivity index (χ0n) is 15.0. The van der Waals surface area contributed by atoms with E-state index in [2.05, 4.69) is 46.5 Å². The van der Waals surface area contributed by atoms with Crippen LogP contribution in [0, 0.1) is 0 Å². The fourth-order valence-electron chi connectivity index (χ4n) is 3.98. The predicted octanol–water partition coefficient (Wildman–Crippen LogP) is 2.80. The lowest BCUT2D eigenvalue weighted by molar-refractivity contribution is -0.123. The second kappa shape index (κ2) is 7.48. The van der Waals surface area contributed by atoms with E-state index in [4.69, 9.17) is 4.74 Å². The lowest BCUT2D eigenvalue weighted by Crippen LogP contribution is -2.44. The number of carbonyl (C=O) groups is 1. The van der Waals surface area contributed by atoms with Gasteiger partial charge < -0.3 is 10.1 Å². The van der Waals surface area contributed by atoms with Gasteiger partial charge >= 0.3 is 0 Å². The number of methoxy groups -OCH3 is 1. The molecular weight excluding hydrogens is 326 g/mol. The van der Waals surface area contributed by atoms with Gasteiger partial charge in [-0.25, -0.2) is 10.9 Å². The maximum Gasteiger partial charge on any atom is 0.239 e. The summed E-state index contributed by atoms with van der Waals surface area (Å²) in [6.07, 6.45) is 3.93. The molecular formula is C21H25N3O2. The van der Waals surface area contributed by atoms with E-state index in [1.165, 1.54) is 11.1 Å². The summed E-state index contributed by atoms with van der Waals surface area (Å²) in [6, 6.07) is 16.4. The van der Waals surface area contributed by atoms with Gasteiger partial charge in [0, 0.05) is 6.04 Å². The molecule has 136 valence electrons.